The Balaban J connectivity index is 1.66. The van der Waals surface area contributed by atoms with Gasteiger partial charge in [0.1, 0.15) is 0 Å². The summed E-state index contributed by atoms with van der Waals surface area (Å²) in [4.78, 5) is 31.1. The normalized spacial score (nSPS) is 19.7. The minimum absolute atomic E-state index is 0.0239. The summed E-state index contributed by atoms with van der Waals surface area (Å²) in [6.07, 6.45) is 2.84. The summed E-state index contributed by atoms with van der Waals surface area (Å²) in [6, 6.07) is 7.19. The van der Waals surface area contributed by atoms with Crippen molar-refractivity contribution < 1.29 is 18.8 Å². The highest BCUT2D eigenvalue weighted by Crippen LogP contribution is 2.25. The van der Waals surface area contributed by atoms with Crippen LogP contribution >= 0.6 is 0 Å². The van der Waals surface area contributed by atoms with Gasteiger partial charge in [0.15, 0.2) is 0 Å². The number of benzene rings is 1. The maximum absolute atomic E-state index is 13.0. The molecule has 2 atom stereocenters. The number of methoxy groups -OCH3 is 1. The molecule has 0 radical (unpaired) electrons. The maximum Gasteiger partial charge on any atom is 0.254 e. The second-order valence-electron chi connectivity index (χ2n) is 6.70. The van der Waals surface area contributed by atoms with Gasteiger partial charge in [-0.2, -0.15) is 4.98 Å². The highest BCUT2D eigenvalue weighted by atomic mass is 16.5. The van der Waals surface area contributed by atoms with E-state index in [0.717, 1.165) is 18.4 Å². The van der Waals surface area contributed by atoms with Gasteiger partial charge in [-0.25, -0.2) is 0 Å². The third-order valence-electron chi connectivity index (χ3n) is 4.87. The lowest BCUT2D eigenvalue weighted by Gasteiger charge is -2.37. The molecule has 1 fully saturated rings. The summed E-state index contributed by atoms with van der Waals surface area (Å²) in [5.41, 5.74) is 1.36. The van der Waals surface area contributed by atoms with Crippen molar-refractivity contribution >= 4 is 11.8 Å². The summed E-state index contributed by atoms with van der Waals surface area (Å²) in [6.45, 7) is 3.40. The van der Waals surface area contributed by atoms with Gasteiger partial charge in [0.2, 0.25) is 18.1 Å². The zero-order valence-corrected chi connectivity index (χ0v) is 15.6. The lowest BCUT2D eigenvalue weighted by molar-refractivity contribution is -0.126. The van der Waals surface area contributed by atoms with Crippen molar-refractivity contribution in [2.24, 2.45) is 5.92 Å². The Morgan fingerprint density at radius 2 is 2.07 bits per heavy atom. The van der Waals surface area contributed by atoms with Gasteiger partial charge in [0.25, 0.3) is 5.91 Å². The zero-order valence-electron chi connectivity index (χ0n) is 15.6. The van der Waals surface area contributed by atoms with Crippen LogP contribution in [0.25, 0.3) is 11.4 Å². The van der Waals surface area contributed by atoms with E-state index in [-0.39, 0.29) is 23.8 Å². The number of likely N-dealkylation sites (tertiary alicyclic amines) is 1. The molecular weight excluding hydrogens is 348 g/mol. The van der Waals surface area contributed by atoms with E-state index >= 15 is 0 Å². The maximum atomic E-state index is 13.0. The molecule has 3 rings (SSSR count). The second-order valence-corrected chi connectivity index (χ2v) is 6.70. The molecule has 2 amide bonds. The zero-order chi connectivity index (χ0) is 19.2. The van der Waals surface area contributed by atoms with Gasteiger partial charge in [-0.3, -0.25) is 9.59 Å². The number of amides is 2. The average Bonchev–Trinajstić information content (AvgIpc) is 3.23. The van der Waals surface area contributed by atoms with Crippen LogP contribution in [0.2, 0.25) is 0 Å². The smallest absolute Gasteiger partial charge is 0.254 e. The monoisotopic (exact) mass is 372 g/mol. The van der Waals surface area contributed by atoms with Gasteiger partial charge in [0, 0.05) is 37.4 Å². The lowest BCUT2D eigenvalue weighted by Crippen LogP contribution is -2.49. The van der Waals surface area contributed by atoms with E-state index in [1.54, 1.807) is 36.3 Å². The molecule has 0 bridgehead atoms. The average molecular weight is 372 g/mol. The van der Waals surface area contributed by atoms with E-state index in [9.17, 15) is 9.59 Å². The summed E-state index contributed by atoms with van der Waals surface area (Å²) in [7, 11) is 1.60. The number of carbonyl (C=O) groups is 2. The number of carbonyl (C=O) groups excluding carboxylic acids is 2. The van der Waals surface area contributed by atoms with Crippen molar-refractivity contribution in [2.45, 2.75) is 25.8 Å². The van der Waals surface area contributed by atoms with Crippen LogP contribution in [-0.2, 0) is 9.53 Å². The molecule has 0 aliphatic carbocycles. The molecule has 0 saturated carbocycles. The van der Waals surface area contributed by atoms with Crippen LogP contribution in [-0.4, -0.2) is 59.7 Å². The van der Waals surface area contributed by atoms with Crippen molar-refractivity contribution in [3.8, 4) is 11.4 Å². The Bertz CT molecular complexity index is 761. The van der Waals surface area contributed by atoms with Gasteiger partial charge in [0.05, 0.1) is 12.5 Å². The van der Waals surface area contributed by atoms with Crippen molar-refractivity contribution in [2.75, 3.05) is 26.8 Å². The largest absolute Gasteiger partial charge is 0.383 e. The Morgan fingerprint density at radius 1 is 1.30 bits per heavy atom. The number of rotatable bonds is 6. The molecule has 144 valence electrons. The van der Waals surface area contributed by atoms with E-state index in [4.69, 9.17) is 9.26 Å². The highest BCUT2D eigenvalue weighted by Gasteiger charge is 2.32. The van der Waals surface area contributed by atoms with Gasteiger partial charge in [-0.05, 0) is 31.9 Å². The number of ether oxygens (including phenoxy) is 1. The molecule has 1 aliphatic heterocycles. The molecule has 27 heavy (non-hydrogen) atoms. The highest BCUT2D eigenvalue weighted by molar-refractivity contribution is 5.95. The quantitative estimate of drug-likeness (QED) is 0.776. The molecule has 1 aromatic carbocycles. The van der Waals surface area contributed by atoms with E-state index in [2.05, 4.69) is 15.5 Å². The molecular formula is C19H24N4O4. The minimum Gasteiger partial charge on any atom is -0.383 e. The number of aromatic nitrogens is 2. The molecule has 2 aromatic rings. The fraction of sp³-hybridized carbons (Fsp3) is 0.474. The second kappa shape index (κ2) is 8.77. The van der Waals surface area contributed by atoms with Crippen LogP contribution < -0.4 is 5.32 Å². The Kier molecular flexibility index (Phi) is 6.18. The van der Waals surface area contributed by atoms with Crippen LogP contribution in [0, 0.1) is 5.92 Å². The minimum atomic E-state index is -0.194. The van der Waals surface area contributed by atoms with E-state index < -0.39 is 0 Å². The van der Waals surface area contributed by atoms with Crippen molar-refractivity contribution in [1.29, 1.82) is 0 Å². The molecule has 0 spiro atoms. The molecule has 1 saturated heterocycles. The first-order chi connectivity index (χ1) is 13.1. The van der Waals surface area contributed by atoms with Crippen molar-refractivity contribution in [3.05, 3.63) is 36.2 Å². The number of hydrogen-bond donors (Lipinski definition) is 1. The van der Waals surface area contributed by atoms with Gasteiger partial charge in [-0.15, -0.1) is 0 Å². The topological polar surface area (TPSA) is 97.6 Å². The van der Waals surface area contributed by atoms with Crippen LogP contribution in [0.5, 0.6) is 0 Å². The summed E-state index contributed by atoms with van der Waals surface area (Å²) in [5, 5.41) is 6.65. The number of piperidine rings is 1. The molecule has 2 unspecified atom stereocenters. The van der Waals surface area contributed by atoms with Crippen LogP contribution in [0.4, 0.5) is 0 Å². The van der Waals surface area contributed by atoms with Gasteiger partial charge >= 0.3 is 0 Å². The Morgan fingerprint density at radius 3 is 2.74 bits per heavy atom. The summed E-state index contributed by atoms with van der Waals surface area (Å²) >= 11 is 0. The van der Waals surface area contributed by atoms with E-state index in [1.165, 1.54) is 6.39 Å². The first kappa shape index (κ1) is 19.0. The Hall–Kier alpha value is -2.74. The first-order valence-corrected chi connectivity index (χ1v) is 9.04. The fourth-order valence-electron chi connectivity index (χ4n) is 3.25. The first-order valence-electron chi connectivity index (χ1n) is 9.04. The van der Waals surface area contributed by atoms with Gasteiger partial charge < -0.3 is 19.5 Å². The van der Waals surface area contributed by atoms with E-state index in [1.807, 2.05) is 6.92 Å². The summed E-state index contributed by atoms with van der Waals surface area (Å²) in [5.74, 6) is 0.189. The predicted octanol–water partition coefficient (Wildman–Crippen LogP) is 1.74. The molecule has 8 nitrogen and oxygen atoms in total. The molecule has 1 N–H and O–H groups in total. The molecule has 8 heteroatoms. The predicted molar refractivity (Wildman–Crippen MR) is 97.8 cm³/mol. The fourth-order valence-corrected chi connectivity index (χ4v) is 3.25. The summed E-state index contributed by atoms with van der Waals surface area (Å²) < 4.78 is 9.70. The van der Waals surface area contributed by atoms with Crippen LogP contribution in [0.15, 0.2) is 35.2 Å². The van der Waals surface area contributed by atoms with Crippen LogP contribution in [0.3, 0.4) is 0 Å². The van der Waals surface area contributed by atoms with Crippen molar-refractivity contribution in [3.63, 3.8) is 0 Å². The Labute approximate surface area is 157 Å². The molecule has 2 heterocycles. The lowest BCUT2D eigenvalue weighted by atomic mass is 9.92. The van der Waals surface area contributed by atoms with Crippen molar-refractivity contribution in [1.82, 2.24) is 20.4 Å². The molecule has 1 aromatic heterocycles. The van der Waals surface area contributed by atoms with Gasteiger partial charge in [-0.1, -0.05) is 17.3 Å². The number of nitrogens with one attached hydrogen (secondary N) is 1. The number of nitrogens with zero attached hydrogens (tertiary/aromatic N) is 3. The SMILES string of the molecule is COCCNC(=O)C1CCC(C)N(C(=O)c2ccc(-c3ncon3)cc2)C1. The standard InChI is InChI=1S/C19H24N4O4/c1-13-3-4-16(18(24)20-9-10-26-2)11-23(13)19(25)15-7-5-14(6-8-15)17-21-12-27-22-17/h5-8,12-13,16H,3-4,9-11H2,1-2H3,(H,20,24). The van der Waals surface area contributed by atoms with Crippen LogP contribution in [0.1, 0.15) is 30.1 Å². The molecule has 1 aliphatic rings. The number of hydrogen-bond acceptors (Lipinski definition) is 6. The third-order valence-corrected chi connectivity index (χ3v) is 4.87. The third kappa shape index (κ3) is 4.51. The van der Waals surface area contributed by atoms with E-state index in [0.29, 0.717) is 31.1 Å².